The van der Waals surface area contributed by atoms with Gasteiger partial charge in [-0.25, -0.2) is 26.3 Å². The van der Waals surface area contributed by atoms with Crippen molar-refractivity contribution in [2.45, 2.75) is 42.3 Å². The van der Waals surface area contributed by atoms with Gasteiger partial charge >= 0.3 is 40.8 Å². The van der Waals surface area contributed by atoms with Gasteiger partial charge in [-0.1, -0.05) is 0 Å². The molecular weight excluding hydrogens is 361 g/mol. The molecule has 4 unspecified atom stereocenters. The number of rotatable bonds is 7. The van der Waals surface area contributed by atoms with Gasteiger partial charge in [-0.2, -0.15) is 26.0 Å². The summed E-state index contributed by atoms with van der Waals surface area (Å²) < 4.78 is 153. The Morgan fingerprint density at radius 1 is 0.773 bits per heavy atom. The fraction of sp³-hybridized carbons (Fsp3) is 1.00. The van der Waals surface area contributed by atoms with E-state index in [2.05, 4.69) is 0 Å². The molecule has 0 fully saturated rings. The van der Waals surface area contributed by atoms with Gasteiger partial charge in [0.1, 0.15) is 0 Å². The van der Waals surface area contributed by atoms with Crippen molar-refractivity contribution in [3.05, 3.63) is 0 Å². The van der Waals surface area contributed by atoms with Gasteiger partial charge in [0.2, 0.25) is 6.17 Å². The second-order valence-electron chi connectivity index (χ2n) is 3.70. The molecule has 22 heavy (non-hydrogen) atoms. The molecule has 0 aromatic heterocycles. The average Bonchev–Trinajstić information content (AvgIpc) is 2.33. The predicted molar refractivity (Wildman–Crippen MR) is 54.2 cm³/mol. The molecule has 0 saturated heterocycles. The van der Waals surface area contributed by atoms with Crippen molar-refractivity contribution >= 4 is 29.0 Å². The Labute approximate surface area is 129 Å². The monoisotopic (exact) mass is 368 g/mol. The molecule has 3 nitrogen and oxygen atoms in total. The first-order chi connectivity index (χ1) is 9.08. The van der Waals surface area contributed by atoms with Gasteiger partial charge in [0.05, 0.1) is 0 Å². The third kappa shape index (κ3) is 4.65. The Hall–Kier alpha value is -0.193. The molecule has 0 bridgehead atoms. The van der Waals surface area contributed by atoms with Gasteiger partial charge in [0, 0.05) is 0 Å². The molecular formula is C7H7F10LiO3S. The van der Waals surface area contributed by atoms with Crippen LogP contribution < -0.4 is 0 Å². The van der Waals surface area contributed by atoms with Crippen LogP contribution in [-0.4, -0.2) is 74.1 Å². The Balaban J connectivity index is 0. The van der Waals surface area contributed by atoms with Gasteiger partial charge in [0.15, 0.2) is 12.3 Å². The van der Waals surface area contributed by atoms with Crippen molar-refractivity contribution in [2.75, 3.05) is 0 Å². The first-order valence-corrected chi connectivity index (χ1v) is 6.15. The standard InChI is InChI=1S/C7H6F10O3S.Li.H/c8-1(2(9)4(11)12)3(10)6(14,15)7(16,17)5(13)21(18,19)20;;/h1-5H,(H,18,19,20);;. The topological polar surface area (TPSA) is 54.4 Å². The van der Waals surface area contributed by atoms with E-state index in [0.29, 0.717) is 0 Å². The van der Waals surface area contributed by atoms with E-state index in [0.717, 1.165) is 0 Å². The van der Waals surface area contributed by atoms with E-state index in [1.807, 2.05) is 0 Å². The van der Waals surface area contributed by atoms with Gasteiger partial charge in [-0.05, 0) is 0 Å². The van der Waals surface area contributed by atoms with E-state index in [1.54, 1.807) is 0 Å². The summed E-state index contributed by atoms with van der Waals surface area (Å²) in [5.41, 5.74) is -5.09. The van der Waals surface area contributed by atoms with Crippen molar-refractivity contribution in [3.63, 3.8) is 0 Å². The molecule has 0 saturated carbocycles. The number of hydrogen-bond donors (Lipinski definition) is 1. The van der Waals surface area contributed by atoms with E-state index < -0.39 is 52.4 Å². The maximum atomic E-state index is 12.9. The van der Waals surface area contributed by atoms with Crippen LogP contribution in [0, 0.1) is 0 Å². The second kappa shape index (κ2) is 7.58. The summed E-state index contributed by atoms with van der Waals surface area (Å²) >= 11 is 0. The minimum atomic E-state index is -6.55. The number of alkyl halides is 10. The fourth-order valence-corrected chi connectivity index (χ4v) is 1.55. The molecule has 4 atom stereocenters. The van der Waals surface area contributed by atoms with Crippen molar-refractivity contribution in [2.24, 2.45) is 0 Å². The molecule has 0 spiro atoms. The van der Waals surface area contributed by atoms with Gasteiger partial charge < -0.3 is 0 Å². The summed E-state index contributed by atoms with van der Waals surface area (Å²) in [6, 6.07) is 0. The Morgan fingerprint density at radius 2 is 1.14 bits per heavy atom. The quantitative estimate of drug-likeness (QED) is 0.425. The van der Waals surface area contributed by atoms with Crippen molar-refractivity contribution in [3.8, 4) is 0 Å². The number of hydrogen-bond acceptors (Lipinski definition) is 2. The van der Waals surface area contributed by atoms with Gasteiger partial charge in [0.25, 0.3) is 11.9 Å². The summed E-state index contributed by atoms with van der Waals surface area (Å²) in [7, 11) is -6.47. The first kappa shape index (κ1) is 24.1. The molecule has 0 amide bonds. The van der Waals surface area contributed by atoms with Crippen molar-refractivity contribution in [1.29, 1.82) is 0 Å². The van der Waals surface area contributed by atoms with E-state index in [1.165, 1.54) is 0 Å². The molecule has 0 aromatic rings. The van der Waals surface area contributed by atoms with Crippen LogP contribution in [-0.2, 0) is 10.1 Å². The van der Waals surface area contributed by atoms with E-state index in [4.69, 9.17) is 4.55 Å². The van der Waals surface area contributed by atoms with E-state index in [9.17, 15) is 52.3 Å². The Morgan fingerprint density at radius 3 is 1.41 bits per heavy atom. The predicted octanol–water partition coefficient (Wildman–Crippen LogP) is 2.07. The van der Waals surface area contributed by atoms with Crippen LogP contribution in [0.25, 0.3) is 0 Å². The Bertz CT molecular complexity index is 457. The summed E-state index contributed by atoms with van der Waals surface area (Å²) in [5, 5.41) is 0. The minimum absolute atomic E-state index is 0. The van der Waals surface area contributed by atoms with Crippen LogP contribution >= 0.6 is 0 Å². The van der Waals surface area contributed by atoms with Crippen molar-refractivity contribution < 1.29 is 56.9 Å². The number of halogens is 10. The van der Waals surface area contributed by atoms with Crippen LogP contribution in [0.4, 0.5) is 43.9 Å². The molecule has 0 aliphatic carbocycles. The first-order valence-electron chi connectivity index (χ1n) is 4.64. The van der Waals surface area contributed by atoms with E-state index >= 15 is 0 Å². The van der Waals surface area contributed by atoms with Crippen LogP contribution in [0.2, 0.25) is 0 Å². The third-order valence-electron chi connectivity index (χ3n) is 2.16. The average molecular weight is 368 g/mol. The maximum absolute atomic E-state index is 12.9. The molecule has 0 aliphatic rings. The summed E-state index contributed by atoms with van der Waals surface area (Å²) in [4.78, 5) is 0. The van der Waals surface area contributed by atoms with Crippen LogP contribution in [0.3, 0.4) is 0 Å². The zero-order valence-corrected chi connectivity index (χ0v) is 10.2. The molecule has 0 aromatic carbocycles. The molecule has 0 heterocycles. The zero-order chi connectivity index (χ0) is 17.4. The molecule has 0 aliphatic heterocycles. The normalized spacial score (nSPS) is 19.3. The molecule has 130 valence electrons. The fourth-order valence-electron chi connectivity index (χ4n) is 1.02. The van der Waals surface area contributed by atoms with Gasteiger partial charge in [-0.15, -0.1) is 0 Å². The van der Waals surface area contributed by atoms with Crippen LogP contribution in [0.1, 0.15) is 0 Å². The van der Waals surface area contributed by atoms with Crippen LogP contribution in [0.15, 0.2) is 0 Å². The summed E-state index contributed by atoms with van der Waals surface area (Å²) in [6.45, 7) is 0. The van der Waals surface area contributed by atoms with Crippen molar-refractivity contribution in [1.82, 2.24) is 0 Å². The van der Waals surface area contributed by atoms with Gasteiger partial charge in [-0.3, -0.25) is 4.55 Å². The zero-order valence-electron chi connectivity index (χ0n) is 9.34. The third-order valence-corrected chi connectivity index (χ3v) is 2.98. The van der Waals surface area contributed by atoms with Crippen LogP contribution in [0.5, 0.6) is 0 Å². The van der Waals surface area contributed by atoms with E-state index in [-0.39, 0.29) is 18.9 Å². The molecule has 15 heteroatoms. The molecule has 1 N–H and O–H groups in total. The summed E-state index contributed by atoms with van der Waals surface area (Å²) in [6.07, 6.45) is -18.1. The SMILES string of the molecule is O=S(=O)(O)C(F)C(F)(F)C(F)(F)C(F)C(F)C(F)C(F)F.[LiH]. The molecule has 0 rings (SSSR count). The second-order valence-corrected chi connectivity index (χ2v) is 5.15. The summed E-state index contributed by atoms with van der Waals surface area (Å²) in [5.74, 6) is -13.1. The molecule has 0 radical (unpaired) electrons. The Kier molecular flexibility index (Phi) is 8.30.